The summed E-state index contributed by atoms with van der Waals surface area (Å²) in [4.78, 5) is 30.3. The van der Waals surface area contributed by atoms with Crippen LogP contribution < -0.4 is 0 Å². The van der Waals surface area contributed by atoms with Crippen LogP contribution in [0.1, 0.15) is 12.8 Å². The Morgan fingerprint density at radius 1 is 0.941 bits per heavy atom. The predicted molar refractivity (Wildman–Crippen MR) is 50.1 cm³/mol. The number of rotatable bonds is 7. The first kappa shape index (κ1) is 14.8. The van der Waals surface area contributed by atoms with Crippen molar-refractivity contribution in [2.75, 3.05) is 13.2 Å². The molecule has 0 aromatic heterocycles. The van der Waals surface area contributed by atoms with Crippen LogP contribution in [0.25, 0.3) is 0 Å². The molecule has 0 saturated carbocycles. The summed E-state index contributed by atoms with van der Waals surface area (Å²) >= 11 is 0. The summed E-state index contributed by atoms with van der Waals surface area (Å²) in [7, 11) is 0. The van der Waals surface area contributed by atoms with Gasteiger partial charge in [0.1, 0.15) is 12.7 Å². The topological polar surface area (TPSA) is 140 Å². The van der Waals surface area contributed by atoms with Crippen LogP contribution in [-0.4, -0.2) is 53.1 Å². The number of carbonyl (C=O) groups is 3. The quantitative estimate of drug-likeness (QED) is 0.346. The first-order chi connectivity index (χ1) is 7.91. The molecule has 0 aliphatic rings. The van der Waals surface area contributed by atoms with Gasteiger partial charge in [0, 0.05) is 0 Å². The zero-order valence-corrected chi connectivity index (χ0v) is 8.70. The number of ether oxygens (including phenoxy) is 3. The molecule has 3 N–H and O–H groups in total. The highest BCUT2D eigenvalue weighted by molar-refractivity contribution is 5.58. The summed E-state index contributed by atoms with van der Waals surface area (Å²) in [6, 6.07) is 0. The Balaban J connectivity index is 3.88. The lowest BCUT2D eigenvalue weighted by Gasteiger charge is -2.14. The van der Waals surface area contributed by atoms with Gasteiger partial charge < -0.3 is 29.5 Å². The van der Waals surface area contributed by atoms with Crippen LogP contribution in [0, 0.1) is 0 Å². The van der Waals surface area contributed by atoms with E-state index in [9.17, 15) is 14.4 Å². The monoisotopic (exact) mass is 252 g/mol. The SMILES string of the molecule is O=C(O)OCCCC(COC(=O)O)OC(=O)O. The zero-order valence-electron chi connectivity index (χ0n) is 8.70. The van der Waals surface area contributed by atoms with Crippen molar-refractivity contribution >= 4 is 18.5 Å². The molecule has 1 unspecified atom stereocenters. The first-order valence-corrected chi connectivity index (χ1v) is 4.53. The van der Waals surface area contributed by atoms with Crippen LogP contribution in [-0.2, 0) is 14.2 Å². The van der Waals surface area contributed by atoms with Crippen molar-refractivity contribution in [3.63, 3.8) is 0 Å². The molecule has 0 heterocycles. The summed E-state index contributed by atoms with van der Waals surface area (Å²) < 4.78 is 12.7. The molecular weight excluding hydrogens is 240 g/mol. The summed E-state index contributed by atoms with van der Waals surface area (Å²) in [5, 5.41) is 24.7. The van der Waals surface area contributed by atoms with E-state index in [1.54, 1.807) is 0 Å². The van der Waals surface area contributed by atoms with E-state index in [-0.39, 0.29) is 19.4 Å². The van der Waals surface area contributed by atoms with Gasteiger partial charge in [-0.3, -0.25) is 0 Å². The number of hydrogen-bond acceptors (Lipinski definition) is 6. The van der Waals surface area contributed by atoms with Crippen LogP contribution in [0.3, 0.4) is 0 Å². The highest BCUT2D eigenvalue weighted by Gasteiger charge is 2.16. The van der Waals surface area contributed by atoms with Crippen molar-refractivity contribution in [3.8, 4) is 0 Å². The zero-order chi connectivity index (χ0) is 13.3. The maximum absolute atomic E-state index is 10.2. The number of hydrogen-bond donors (Lipinski definition) is 3. The van der Waals surface area contributed by atoms with Gasteiger partial charge in [0.25, 0.3) is 0 Å². The molecule has 0 aromatic carbocycles. The van der Waals surface area contributed by atoms with E-state index in [0.717, 1.165) is 0 Å². The minimum Gasteiger partial charge on any atom is -0.450 e. The second-order valence-electron chi connectivity index (χ2n) is 2.84. The molecule has 98 valence electrons. The van der Waals surface area contributed by atoms with Gasteiger partial charge in [0.05, 0.1) is 6.61 Å². The lowest BCUT2D eigenvalue weighted by Crippen LogP contribution is -2.24. The van der Waals surface area contributed by atoms with E-state index in [1.165, 1.54) is 0 Å². The van der Waals surface area contributed by atoms with Gasteiger partial charge in [-0.05, 0) is 12.8 Å². The fourth-order valence-corrected chi connectivity index (χ4v) is 0.954. The van der Waals surface area contributed by atoms with E-state index in [1.807, 2.05) is 0 Å². The van der Waals surface area contributed by atoms with Crippen LogP contribution in [0.15, 0.2) is 0 Å². The van der Waals surface area contributed by atoms with Crippen molar-refractivity contribution in [2.45, 2.75) is 18.9 Å². The van der Waals surface area contributed by atoms with Crippen molar-refractivity contribution in [3.05, 3.63) is 0 Å². The molecule has 1 atom stereocenters. The standard InChI is InChI=1S/C8H12O9/c9-6(10)15-3-1-2-5(17-8(13)14)4-16-7(11)12/h5H,1-4H2,(H,9,10)(H,11,12)(H,13,14). The second kappa shape index (κ2) is 8.02. The third kappa shape index (κ3) is 10.1. The Kier molecular flexibility index (Phi) is 6.99. The average Bonchev–Trinajstić information content (AvgIpc) is 2.19. The van der Waals surface area contributed by atoms with Gasteiger partial charge in [-0.2, -0.15) is 0 Å². The van der Waals surface area contributed by atoms with Crippen molar-refractivity contribution in [1.29, 1.82) is 0 Å². The fourth-order valence-electron chi connectivity index (χ4n) is 0.954. The Labute approximate surface area is 95.5 Å². The van der Waals surface area contributed by atoms with E-state index < -0.39 is 31.2 Å². The second-order valence-corrected chi connectivity index (χ2v) is 2.84. The molecule has 17 heavy (non-hydrogen) atoms. The molecule has 0 aromatic rings. The van der Waals surface area contributed by atoms with E-state index in [2.05, 4.69) is 14.2 Å². The van der Waals surface area contributed by atoms with E-state index >= 15 is 0 Å². The van der Waals surface area contributed by atoms with Crippen molar-refractivity contribution in [2.24, 2.45) is 0 Å². The number of carboxylic acid groups (broad SMARTS) is 3. The maximum atomic E-state index is 10.2. The molecule has 0 aliphatic heterocycles. The maximum Gasteiger partial charge on any atom is 0.506 e. The summed E-state index contributed by atoms with van der Waals surface area (Å²) in [6.45, 7) is -0.587. The van der Waals surface area contributed by atoms with Gasteiger partial charge in [0.15, 0.2) is 0 Å². The van der Waals surface area contributed by atoms with Crippen LogP contribution in [0.4, 0.5) is 14.4 Å². The largest absolute Gasteiger partial charge is 0.506 e. The van der Waals surface area contributed by atoms with Crippen molar-refractivity contribution < 1.29 is 43.9 Å². The van der Waals surface area contributed by atoms with Crippen LogP contribution in [0.2, 0.25) is 0 Å². The molecule has 0 aliphatic carbocycles. The third-order valence-corrected chi connectivity index (χ3v) is 1.56. The highest BCUT2D eigenvalue weighted by atomic mass is 16.7. The highest BCUT2D eigenvalue weighted by Crippen LogP contribution is 2.04. The Bertz CT molecular complexity index is 274. The van der Waals surface area contributed by atoms with Gasteiger partial charge >= 0.3 is 18.5 Å². The van der Waals surface area contributed by atoms with E-state index in [4.69, 9.17) is 15.3 Å². The third-order valence-electron chi connectivity index (χ3n) is 1.56. The normalized spacial score (nSPS) is 11.3. The average molecular weight is 252 g/mol. The Morgan fingerprint density at radius 3 is 2.00 bits per heavy atom. The minimum absolute atomic E-state index is 0.0901. The molecule has 0 fully saturated rings. The Hall–Kier alpha value is -2.19. The molecule has 0 amide bonds. The molecule has 9 heteroatoms. The Morgan fingerprint density at radius 2 is 1.53 bits per heavy atom. The van der Waals surface area contributed by atoms with Gasteiger partial charge in [-0.25, -0.2) is 14.4 Å². The predicted octanol–water partition coefficient (Wildman–Crippen LogP) is 1.22. The molecule has 0 saturated heterocycles. The summed E-state index contributed by atoms with van der Waals surface area (Å²) in [5.41, 5.74) is 0. The molecule has 0 spiro atoms. The van der Waals surface area contributed by atoms with Gasteiger partial charge in [0.2, 0.25) is 0 Å². The lowest BCUT2D eigenvalue weighted by atomic mass is 10.2. The first-order valence-electron chi connectivity index (χ1n) is 4.53. The van der Waals surface area contributed by atoms with E-state index in [0.29, 0.717) is 0 Å². The smallest absolute Gasteiger partial charge is 0.450 e. The van der Waals surface area contributed by atoms with Crippen LogP contribution in [0.5, 0.6) is 0 Å². The molecule has 0 radical (unpaired) electrons. The van der Waals surface area contributed by atoms with Gasteiger partial charge in [-0.1, -0.05) is 0 Å². The molecular formula is C8H12O9. The minimum atomic E-state index is -1.57. The molecule has 0 rings (SSSR count). The fraction of sp³-hybridized carbons (Fsp3) is 0.625. The lowest BCUT2D eigenvalue weighted by molar-refractivity contribution is -0.00139. The summed E-state index contributed by atoms with van der Waals surface area (Å²) in [5.74, 6) is 0. The summed E-state index contributed by atoms with van der Waals surface area (Å²) in [6.07, 6.45) is -5.27. The molecule has 9 nitrogen and oxygen atoms in total. The van der Waals surface area contributed by atoms with Gasteiger partial charge in [-0.15, -0.1) is 0 Å². The van der Waals surface area contributed by atoms with Crippen LogP contribution >= 0.6 is 0 Å². The van der Waals surface area contributed by atoms with Crippen molar-refractivity contribution in [1.82, 2.24) is 0 Å². The molecule has 0 bridgehead atoms.